The van der Waals surface area contributed by atoms with Crippen molar-refractivity contribution < 1.29 is 10.2 Å². The lowest BCUT2D eigenvalue weighted by Crippen LogP contribution is -2.29. The van der Waals surface area contributed by atoms with Gasteiger partial charge in [-0.2, -0.15) is 0 Å². The van der Waals surface area contributed by atoms with Crippen molar-refractivity contribution in [2.75, 3.05) is 0 Å². The first-order valence-electron chi connectivity index (χ1n) is 10.6. The fourth-order valence-corrected chi connectivity index (χ4v) is 3.13. The topological polar surface area (TPSA) is 40.5 Å². The third-order valence-electron chi connectivity index (χ3n) is 5.15. The Kier molecular flexibility index (Phi) is 9.16. The highest BCUT2D eigenvalue weighted by Gasteiger charge is 2.26. The van der Waals surface area contributed by atoms with Gasteiger partial charge in [-0.25, -0.2) is 0 Å². The van der Waals surface area contributed by atoms with Crippen LogP contribution in [0.4, 0.5) is 0 Å². The third kappa shape index (κ3) is 7.70. The van der Waals surface area contributed by atoms with Crippen molar-refractivity contribution in [3.05, 3.63) is 77.4 Å². The quantitative estimate of drug-likeness (QED) is 0.522. The van der Waals surface area contributed by atoms with E-state index in [2.05, 4.69) is 78.8 Å². The van der Waals surface area contributed by atoms with Gasteiger partial charge in [0.2, 0.25) is 0 Å². The van der Waals surface area contributed by atoms with Gasteiger partial charge >= 0.3 is 0 Å². The van der Waals surface area contributed by atoms with Gasteiger partial charge in [0, 0.05) is 10.8 Å². The second-order valence-corrected chi connectivity index (χ2v) is 9.64. The number of benzene rings is 2. The van der Waals surface area contributed by atoms with Gasteiger partial charge < -0.3 is 10.2 Å². The van der Waals surface area contributed by atoms with Crippen LogP contribution in [0.15, 0.2) is 60.7 Å². The maximum Gasteiger partial charge on any atom is 0.115 e. The summed E-state index contributed by atoms with van der Waals surface area (Å²) in [7, 11) is 0. The molecule has 0 amide bonds. The molecule has 2 nitrogen and oxygen atoms in total. The molecule has 0 aliphatic heterocycles. The third-order valence-corrected chi connectivity index (χ3v) is 5.15. The van der Waals surface area contributed by atoms with Crippen LogP contribution in [0, 0.1) is 11.3 Å². The zero-order valence-electron chi connectivity index (χ0n) is 19.5. The number of aliphatic hydroxyl groups excluding tert-OH is 1. The van der Waals surface area contributed by atoms with Crippen molar-refractivity contribution in [2.45, 2.75) is 73.3 Å². The van der Waals surface area contributed by atoms with Crippen LogP contribution >= 0.6 is 0 Å². The fraction of sp³-hybridized carbons (Fsp3) is 0.481. The van der Waals surface area contributed by atoms with Crippen LogP contribution in [-0.2, 0) is 11.8 Å². The molecule has 2 aromatic rings. The maximum atomic E-state index is 10.5. The summed E-state index contributed by atoms with van der Waals surface area (Å²) in [4.78, 5) is 0. The molecule has 2 aromatic carbocycles. The summed E-state index contributed by atoms with van der Waals surface area (Å²) in [6, 6.07) is 15.9. The van der Waals surface area contributed by atoms with E-state index in [-0.39, 0.29) is 16.6 Å². The van der Waals surface area contributed by atoms with Crippen LogP contribution in [0.2, 0.25) is 0 Å². The normalized spacial score (nSPS) is 13.3. The van der Waals surface area contributed by atoms with E-state index in [1.165, 1.54) is 5.56 Å². The Labute approximate surface area is 178 Å². The molecule has 1 unspecified atom stereocenters. The first-order chi connectivity index (χ1) is 13.4. The molecule has 0 bridgehead atoms. The number of rotatable bonds is 6. The van der Waals surface area contributed by atoms with E-state index >= 15 is 0 Å². The molecule has 0 aromatic heterocycles. The first-order valence-corrected chi connectivity index (χ1v) is 10.6. The molecular weight excluding hydrogens is 356 g/mol. The second kappa shape index (κ2) is 10.6. The number of hydrogen-bond acceptors (Lipinski definition) is 2. The van der Waals surface area contributed by atoms with Gasteiger partial charge in [0.1, 0.15) is 5.75 Å². The van der Waals surface area contributed by atoms with Crippen molar-refractivity contribution in [3.8, 4) is 5.75 Å². The van der Waals surface area contributed by atoms with Gasteiger partial charge in [-0.15, -0.1) is 0 Å². The largest absolute Gasteiger partial charge is 0.508 e. The first kappa shape index (κ1) is 25.0. The van der Waals surface area contributed by atoms with Gasteiger partial charge in [-0.1, -0.05) is 97.0 Å². The number of phenols is 1. The van der Waals surface area contributed by atoms with Gasteiger partial charge in [-0.05, 0) is 48.1 Å². The molecule has 0 aliphatic carbocycles. The fourth-order valence-electron chi connectivity index (χ4n) is 3.13. The van der Waals surface area contributed by atoms with Crippen molar-refractivity contribution >= 4 is 0 Å². The van der Waals surface area contributed by atoms with Crippen LogP contribution in [0.5, 0.6) is 5.75 Å². The summed E-state index contributed by atoms with van der Waals surface area (Å²) < 4.78 is 0. The van der Waals surface area contributed by atoms with E-state index in [0.29, 0.717) is 6.42 Å². The molecule has 0 saturated carbocycles. The molecule has 0 radical (unpaired) electrons. The smallest absolute Gasteiger partial charge is 0.115 e. The van der Waals surface area contributed by atoms with Gasteiger partial charge in [0.15, 0.2) is 0 Å². The molecule has 2 rings (SSSR count). The lowest BCUT2D eigenvalue weighted by molar-refractivity contribution is 0.0822. The molecule has 0 saturated heterocycles. The number of aromatic hydroxyl groups is 1. The molecular formula is C27H40O2. The van der Waals surface area contributed by atoms with E-state index < -0.39 is 6.10 Å². The summed E-state index contributed by atoms with van der Waals surface area (Å²) >= 11 is 0. The minimum absolute atomic E-state index is 0.144. The summed E-state index contributed by atoms with van der Waals surface area (Å²) in [6.07, 6.45) is 4.27. The second-order valence-electron chi connectivity index (χ2n) is 9.64. The van der Waals surface area contributed by atoms with E-state index in [0.717, 1.165) is 17.0 Å². The predicted molar refractivity (Wildman–Crippen MR) is 125 cm³/mol. The van der Waals surface area contributed by atoms with Crippen molar-refractivity contribution in [2.24, 2.45) is 11.3 Å². The molecule has 1 atom stereocenters. The van der Waals surface area contributed by atoms with Gasteiger partial charge in [-0.3, -0.25) is 0 Å². The van der Waals surface area contributed by atoms with Gasteiger partial charge in [0.05, 0.1) is 6.10 Å². The lowest BCUT2D eigenvalue weighted by Gasteiger charge is -2.28. The van der Waals surface area contributed by atoms with E-state index in [1.54, 1.807) is 12.1 Å². The summed E-state index contributed by atoms with van der Waals surface area (Å²) in [5, 5.41) is 20.0. The monoisotopic (exact) mass is 396 g/mol. The predicted octanol–water partition coefficient (Wildman–Crippen LogP) is 6.89. The van der Waals surface area contributed by atoms with Crippen LogP contribution in [0.25, 0.3) is 0 Å². The Morgan fingerprint density at radius 2 is 1.24 bits per heavy atom. The Balaban J connectivity index is 0.000000960. The van der Waals surface area contributed by atoms with E-state index in [1.807, 2.05) is 25.1 Å². The highest BCUT2D eigenvalue weighted by Crippen LogP contribution is 2.33. The molecule has 0 fully saturated rings. The average molecular weight is 397 g/mol. The molecule has 0 spiro atoms. The number of hydrogen-bond donors (Lipinski definition) is 2. The molecule has 0 heterocycles. The molecule has 29 heavy (non-hydrogen) atoms. The van der Waals surface area contributed by atoms with Crippen LogP contribution < -0.4 is 0 Å². The average Bonchev–Trinajstić information content (AvgIpc) is 2.62. The Morgan fingerprint density at radius 3 is 1.66 bits per heavy atom. The minimum atomic E-state index is -0.417. The lowest BCUT2D eigenvalue weighted by atomic mass is 9.77. The molecule has 2 N–H and O–H groups in total. The zero-order chi connectivity index (χ0) is 22.2. The summed E-state index contributed by atoms with van der Waals surface area (Å²) in [5.74, 6) is 1.12. The summed E-state index contributed by atoms with van der Waals surface area (Å²) in [6.45, 7) is 16.9. The summed E-state index contributed by atoms with van der Waals surface area (Å²) in [5.41, 5.74) is 3.13. The standard InChI is InChI=1S/C23H30O2.C4H10/c1-6-15-22(2,3)21(25)16-17-7-9-18(10-8-17)23(4,5)19-11-13-20(24)14-12-19;1-4(2)3/h6-15,21,24-25H,16H2,1-5H3;4H,1-3H3. The highest BCUT2D eigenvalue weighted by molar-refractivity contribution is 5.40. The number of phenolic OH excluding ortho intramolecular Hbond substituents is 1. The highest BCUT2D eigenvalue weighted by atomic mass is 16.3. The van der Waals surface area contributed by atoms with Crippen LogP contribution in [0.3, 0.4) is 0 Å². The van der Waals surface area contributed by atoms with Crippen molar-refractivity contribution in [3.63, 3.8) is 0 Å². The van der Waals surface area contributed by atoms with E-state index in [9.17, 15) is 10.2 Å². The minimum Gasteiger partial charge on any atom is -0.508 e. The molecule has 160 valence electrons. The Hall–Kier alpha value is -2.06. The number of aliphatic hydroxyl groups is 1. The number of allylic oxidation sites excluding steroid dienone is 1. The maximum absolute atomic E-state index is 10.5. The van der Waals surface area contributed by atoms with E-state index in [4.69, 9.17) is 0 Å². The van der Waals surface area contributed by atoms with Crippen LogP contribution in [0.1, 0.15) is 72.1 Å². The van der Waals surface area contributed by atoms with Crippen molar-refractivity contribution in [1.82, 2.24) is 0 Å². The van der Waals surface area contributed by atoms with Crippen LogP contribution in [-0.4, -0.2) is 16.3 Å². The zero-order valence-corrected chi connectivity index (χ0v) is 19.5. The van der Waals surface area contributed by atoms with Crippen molar-refractivity contribution in [1.29, 1.82) is 0 Å². The Bertz CT molecular complexity index is 747. The SMILES string of the molecule is CC(C)C.CC=CC(C)(C)C(O)Cc1ccc(C(C)(C)c2ccc(O)cc2)cc1. The molecule has 2 heteroatoms. The van der Waals surface area contributed by atoms with Gasteiger partial charge in [0.25, 0.3) is 0 Å². The molecule has 0 aliphatic rings. The Morgan fingerprint density at radius 1 is 0.828 bits per heavy atom.